The third kappa shape index (κ3) is 6.44. The van der Waals surface area contributed by atoms with Gasteiger partial charge in [0.2, 0.25) is 0 Å². The van der Waals surface area contributed by atoms with Crippen molar-refractivity contribution in [2.75, 3.05) is 4.90 Å². The van der Waals surface area contributed by atoms with Gasteiger partial charge in [0, 0.05) is 48.4 Å². The largest absolute Gasteiger partial charge is 0.344 e. The van der Waals surface area contributed by atoms with Gasteiger partial charge in [0.25, 0.3) is 0 Å². The Labute approximate surface area is 330 Å². The second kappa shape index (κ2) is 14.6. The number of benzene rings is 8. The molecule has 1 atom stereocenters. The fourth-order valence-corrected chi connectivity index (χ4v) is 8.79. The van der Waals surface area contributed by atoms with Crippen LogP contribution in [0.25, 0.3) is 42.4 Å². The van der Waals surface area contributed by atoms with Gasteiger partial charge in [0.05, 0.1) is 0 Å². The molecule has 8 aromatic carbocycles. The van der Waals surface area contributed by atoms with Crippen LogP contribution in [0.4, 0.5) is 17.1 Å². The van der Waals surface area contributed by atoms with Crippen molar-refractivity contribution in [3.05, 3.63) is 223 Å². The summed E-state index contributed by atoms with van der Waals surface area (Å²) in [7, 11) is 0. The van der Waals surface area contributed by atoms with Gasteiger partial charge in [-0.3, -0.25) is 0 Å². The van der Waals surface area contributed by atoms with Crippen molar-refractivity contribution in [2.45, 2.75) is 6.17 Å². The number of hydrogen-bond donors (Lipinski definition) is 1. The summed E-state index contributed by atoms with van der Waals surface area (Å²) in [5.74, 6) is 1.52. The molecule has 0 amide bonds. The number of aliphatic imine (C=N–C) groups is 2. The van der Waals surface area contributed by atoms with E-state index in [0.29, 0.717) is 5.84 Å². The third-order valence-corrected chi connectivity index (χ3v) is 11.4. The molecule has 0 radical (unpaired) electrons. The van der Waals surface area contributed by atoms with Gasteiger partial charge < -0.3 is 10.2 Å². The molecular weight excluding hydrogens is 701 g/mol. The van der Waals surface area contributed by atoms with Gasteiger partial charge in [0.1, 0.15) is 12.0 Å². The van der Waals surface area contributed by atoms with Gasteiger partial charge in [-0.25, -0.2) is 9.98 Å². The predicted octanol–water partition coefficient (Wildman–Crippen LogP) is 13.4. The molecule has 56 heavy (non-hydrogen) atoms. The van der Waals surface area contributed by atoms with E-state index in [1.165, 1.54) is 31.3 Å². The molecule has 0 bridgehead atoms. The molecule has 1 unspecified atom stereocenters. The monoisotopic (exact) mass is 736 g/mol. The number of fused-ring (bicyclic) bond motifs is 3. The molecular formula is C51H36N4S. The standard InChI is InChI=1S/C51H36N4S/c1-5-16-35(17-6-1)38-22-13-24-40(32-38)50-52-49(37-20-9-3-10-21-37)53-51(54-50)45-28-15-29-46-48(45)44-31-30-43(34-47(44)56-46)55(41-25-11-4-12-26-41)42-27-14-23-39(33-42)36-18-7-2-8-19-36/h1-34,49H,(H,52,53,54). The van der Waals surface area contributed by atoms with E-state index in [0.717, 1.165) is 50.7 Å². The van der Waals surface area contributed by atoms with Crippen molar-refractivity contribution in [1.29, 1.82) is 0 Å². The summed E-state index contributed by atoms with van der Waals surface area (Å²) in [5, 5.41) is 6.12. The summed E-state index contributed by atoms with van der Waals surface area (Å²) in [6.07, 6.45) is -0.295. The van der Waals surface area contributed by atoms with E-state index in [1.54, 1.807) is 0 Å². The molecule has 0 saturated heterocycles. The minimum atomic E-state index is -0.295. The summed E-state index contributed by atoms with van der Waals surface area (Å²) >= 11 is 1.82. The Balaban J connectivity index is 1.09. The molecule has 1 aliphatic rings. The first-order valence-electron chi connectivity index (χ1n) is 18.9. The first-order valence-corrected chi connectivity index (χ1v) is 19.7. The van der Waals surface area contributed by atoms with Crippen molar-refractivity contribution in [1.82, 2.24) is 5.32 Å². The Morgan fingerprint density at radius 2 is 1.02 bits per heavy atom. The molecule has 0 fully saturated rings. The van der Waals surface area contributed by atoms with Crippen LogP contribution in [0.3, 0.4) is 0 Å². The number of nitrogens with zero attached hydrogens (tertiary/aromatic N) is 3. The van der Waals surface area contributed by atoms with E-state index < -0.39 is 0 Å². The summed E-state index contributed by atoms with van der Waals surface area (Å²) in [6, 6.07) is 72.8. The van der Waals surface area contributed by atoms with Crippen molar-refractivity contribution in [3.63, 3.8) is 0 Å². The highest BCUT2D eigenvalue weighted by Crippen LogP contribution is 2.42. The number of anilines is 3. The lowest BCUT2D eigenvalue weighted by molar-refractivity contribution is 0.674. The molecule has 10 rings (SSSR count). The topological polar surface area (TPSA) is 40.0 Å². The minimum absolute atomic E-state index is 0.295. The number of rotatable bonds is 8. The quantitative estimate of drug-likeness (QED) is 0.169. The van der Waals surface area contributed by atoms with Crippen LogP contribution in [0.2, 0.25) is 0 Å². The number of thiophene rings is 1. The predicted molar refractivity (Wildman–Crippen MR) is 237 cm³/mol. The average molecular weight is 737 g/mol. The van der Waals surface area contributed by atoms with Crippen LogP contribution in [0, 0.1) is 0 Å². The Hall–Kier alpha value is -7.08. The Kier molecular flexibility index (Phi) is 8.75. The maximum atomic E-state index is 5.28. The molecule has 9 aromatic rings. The van der Waals surface area contributed by atoms with Crippen molar-refractivity contribution >= 4 is 60.2 Å². The van der Waals surface area contributed by atoms with Gasteiger partial charge in [0.15, 0.2) is 5.84 Å². The fourth-order valence-electron chi connectivity index (χ4n) is 7.62. The molecule has 266 valence electrons. The highest BCUT2D eigenvalue weighted by molar-refractivity contribution is 7.26. The summed E-state index contributed by atoms with van der Waals surface area (Å²) in [5.41, 5.74) is 11.1. The zero-order valence-electron chi connectivity index (χ0n) is 30.5. The van der Waals surface area contributed by atoms with Crippen LogP contribution >= 0.6 is 11.3 Å². The Morgan fingerprint density at radius 1 is 0.446 bits per heavy atom. The molecule has 0 aliphatic carbocycles. The van der Waals surface area contributed by atoms with Crippen molar-refractivity contribution < 1.29 is 0 Å². The molecule has 0 spiro atoms. The van der Waals surface area contributed by atoms with Gasteiger partial charge in [-0.2, -0.15) is 0 Å². The lowest BCUT2D eigenvalue weighted by atomic mass is 10.0. The number of nitrogens with one attached hydrogen (secondary N) is 1. The summed E-state index contributed by atoms with van der Waals surface area (Å²) < 4.78 is 2.42. The van der Waals surface area contributed by atoms with Crippen LogP contribution in [0.15, 0.2) is 216 Å². The molecule has 1 aromatic heterocycles. The average Bonchev–Trinajstić information content (AvgIpc) is 3.66. The third-order valence-electron chi connectivity index (χ3n) is 10.3. The first-order chi connectivity index (χ1) is 27.7. The van der Waals surface area contributed by atoms with Crippen molar-refractivity contribution in [2.24, 2.45) is 9.98 Å². The Morgan fingerprint density at radius 3 is 1.75 bits per heavy atom. The van der Waals surface area contributed by atoms with E-state index in [4.69, 9.17) is 9.98 Å². The Bertz CT molecular complexity index is 2880. The van der Waals surface area contributed by atoms with Crippen LogP contribution in [-0.2, 0) is 0 Å². The zero-order valence-corrected chi connectivity index (χ0v) is 31.3. The maximum Gasteiger partial charge on any atom is 0.159 e. The first kappa shape index (κ1) is 33.5. The van der Waals surface area contributed by atoms with Gasteiger partial charge in [-0.1, -0.05) is 158 Å². The molecule has 0 saturated carbocycles. The second-order valence-electron chi connectivity index (χ2n) is 13.9. The van der Waals surface area contributed by atoms with E-state index in [1.807, 2.05) is 23.5 Å². The minimum Gasteiger partial charge on any atom is -0.344 e. The van der Waals surface area contributed by atoms with Crippen LogP contribution in [-0.4, -0.2) is 11.7 Å². The van der Waals surface area contributed by atoms with E-state index in [-0.39, 0.29) is 6.17 Å². The molecule has 5 heteroatoms. The van der Waals surface area contributed by atoms with Crippen LogP contribution in [0.5, 0.6) is 0 Å². The molecule has 1 N–H and O–H groups in total. The van der Waals surface area contributed by atoms with E-state index in [2.05, 4.69) is 204 Å². The summed E-state index contributed by atoms with van der Waals surface area (Å²) in [4.78, 5) is 12.8. The SMILES string of the molecule is c1ccc(-c2cccc(C3=NC(c4ccccc4)NC(c4cccc5sc6cc(N(c7ccccc7)c7cccc(-c8ccccc8)c7)ccc6c45)=N3)c2)cc1. The van der Waals surface area contributed by atoms with Crippen LogP contribution < -0.4 is 10.2 Å². The lowest BCUT2D eigenvalue weighted by Crippen LogP contribution is -2.33. The number of para-hydroxylation sites is 1. The highest BCUT2D eigenvalue weighted by Gasteiger charge is 2.24. The van der Waals surface area contributed by atoms with Gasteiger partial charge >= 0.3 is 0 Å². The van der Waals surface area contributed by atoms with Crippen molar-refractivity contribution in [3.8, 4) is 22.3 Å². The molecule has 1 aliphatic heterocycles. The molecule has 2 heterocycles. The maximum absolute atomic E-state index is 5.28. The van der Waals surface area contributed by atoms with E-state index in [9.17, 15) is 0 Å². The smallest absolute Gasteiger partial charge is 0.159 e. The van der Waals surface area contributed by atoms with Crippen LogP contribution in [0.1, 0.15) is 22.9 Å². The lowest BCUT2D eigenvalue weighted by Gasteiger charge is -2.26. The normalized spacial score (nSPS) is 13.9. The second-order valence-corrected chi connectivity index (χ2v) is 14.9. The fraction of sp³-hybridized carbons (Fsp3) is 0.0196. The molecule has 4 nitrogen and oxygen atoms in total. The van der Waals surface area contributed by atoms with Gasteiger partial charge in [-0.15, -0.1) is 11.3 Å². The number of hydrogen-bond acceptors (Lipinski definition) is 5. The van der Waals surface area contributed by atoms with E-state index >= 15 is 0 Å². The summed E-state index contributed by atoms with van der Waals surface area (Å²) in [6.45, 7) is 0. The zero-order chi connectivity index (χ0) is 37.3. The van der Waals surface area contributed by atoms with Gasteiger partial charge in [-0.05, 0) is 76.3 Å². The highest BCUT2D eigenvalue weighted by atomic mass is 32.1. The number of amidine groups is 2.